The Balaban J connectivity index is 1.77. The molecule has 1 aliphatic carbocycles. The summed E-state index contributed by atoms with van der Waals surface area (Å²) in [6, 6.07) is 4.16. The number of carbonyl (C=O) groups excluding carboxylic acids is 1. The molecule has 0 unspecified atom stereocenters. The molecule has 2 N–H and O–H groups in total. The molecule has 1 aliphatic rings. The highest BCUT2D eigenvalue weighted by molar-refractivity contribution is 7.10. The van der Waals surface area contributed by atoms with E-state index in [1.165, 1.54) is 0 Å². The average Bonchev–Trinajstić information content (AvgIpc) is 2.83. The molecular formula is C13H17NO2S. The Hall–Kier alpha value is -1.13. The zero-order chi connectivity index (χ0) is 12.1. The minimum atomic E-state index is -0.176. The van der Waals surface area contributed by atoms with Gasteiger partial charge in [0.15, 0.2) is 0 Å². The number of aliphatic hydroxyl groups excluding tert-OH is 1. The van der Waals surface area contributed by atoms with Crippen LogP contribution in [0.25, 0.3) is 6.08 Å². The quantitative estimate of drug-likeness (QED) is 0.809. The van der Waals surface area contributed by atoms with Crippen LogP contribution in [0.2, 0.25) is 0 Å². The van der Waals surface area contributed by atoms with Crippen LogP contribution in [-0.4, -0.2) is 23.2 Å². The number of nitrogens with one attached hydrogen (secondary N) is 1. The van der Waals surface area contributed by atoms with E-state index < -0.39 is 0 Å². The fourth-order valence-electron chi connectivity index (χ4n) is 2.01. The molecule has 0 radical (unpaired) electrons. The molecule has 1 fully saturated rings. The molecule has 1 heterocycles. The first-order chi connectivity index (χ1) is 8.24. The second kappa shape index (κ2) is 5.98. The monoisotopic (exact) mass is 251 g/mol. The van der Waals surface area contributed by atoms with Crippen LogP contribution >= 0.6 is 11.3 Å². The molecule has 1 aromatic rings. The van der Waals surface area contributed by atoms with E-state index in [2.05, 4.69) is 5.32 Å². The molecular weight excluding hydrogens is 234 g/mol. The predicted octanol–water partition coefficient (Wildman–Crippen LogP) is 2.18. The van der Waals surface area contributed by atoms with Gasteiger partial charge < -0.3 is 10.4 Å². The number of hydrogen-bond donors (Lipinski definition) is 2. The second-order valence-corrected chi connectivity index (χ2v) is 5.34. The fraction of sp³-hybridized carbons (Fsp3) is 0.462. The van der Waals surface area contributed by atoms with Crippen LogP contribution in [0.3, 0.4) is 0 Å². The maximum absolute atomic E-state index is 11.6. The number of rotatable bonds is 3. The number of thiophene rings is 1. The molecule has 0 aliphatic heterocycles. The summed E-state index contributed by atoms with van der Waals surface area (Å²) in [5.41, 5.74) is 0. The lowest BCUT2D eigenvalue weighted by Gasteiger charge is -2.25. The van der Waals surface area contributed by atoms with Crippen LogP contribution in [0, 0.1) is 0 Å². The minimum Gasteiger partial charge on any atom is -0.393 e. The van der Waals surface area contributed by atoms with Crippen LogP contribution in [0.4, 0.5) is 0 Å². The van der Waals surface area contributed by atoms with Crippen molar-refractivity contribution in [3.63, 3.8) is 0 Å². The Morgan fingerprint density at radius 1 is 1.41 bits per heavy atom. The maximum atomic E-state index is 11.6. The molecule has 1 saturated carbocycles. The van der Waals surface area contributed by atoms with Gasteiger partial charge in [0, 0.05) is 17.0 Å². The summed E-state index contributed by atoms with van der Waals surface area (Å²) in [5.74, 6) is -0.0419. The van der Waals surface area contributed by atoms with E-state index in [4.69, 9.17) is 0 Å². The van der Waals surface area contributed by atoms with Crippen molar-refractivity contribution in [2.75, 3.05) is 0 Å². The second-order valence-electron chi connectivity index (χ2n) is 4.36. The van der Waals surface area contributed by atoms with Crippen LogP contribution in [0.1, 0.15) is 30.6 Å². The number of hydrogen-bond acceptors (Lipinski definition) is 3. The van der Waals surface area contributed by atoms with Crippen LogP contribution in [-0.2, 0) is 4.79 Å². The van der Waals surface area contributed by atoms with Gasteiger partial charge in [-0.25, -0.2) is 0 Å². The van der Waals surface area contributed by atoms with Gasteiger partial charge in [0.25, 0.3) is 0 Å². The van der Waals surface area contributed by atoms with E-state index in [0.29, 0.717) is 0 Å². The summed E-state index contributed by atoms with van der Waals surface area (Å²) in [6.07, 6.45) is 6.57. The average molecular weight is 251 g/mol. The third-order valence-electron chi connectivity index (χ3n) is 2.99. The lowest BCUT2D eigenvalue weighted by Crippen LogP contribution is -2.37. The van der Waals surface area contributed by atoms with E-state index in [-0.39, 0.29) is 18.1 Å². The molecule has 4 heteroatoms. The van der Waals surface area contributed by atoms with Crippen molar-refractivity contribution < 1.29 is 9.90 Å². The number of carbonyl (C=O) groups is 1. The summed E-state index contributed by atoms with van der Waals surface area (Å²) < 4.78 is 0. The van der Waals surface area contributed by atoms with Crippen molar-refractivity contribution in [3.05, 3.63) is 28.5 Å². The molecule has 1 amide bonds. The Morgan fingerprint density at radius 3 is 2.82 bits per heavy atom. The highest BCUT2D eigenvalue weighted by Gasteiger charge is 2.19. The van der Waals surface area contributed by atoms with Gasteiger partial charge in [-0.15, -0.1) is 11.3 Å². The fourth-order valence-corrected chi connectivity index (χ4v) is 2.63. The molecule has 3 nitrogen and oxygen atoms in total. The molecule has 0 bridgehead atoms. The van der Waals surface area contributed by atoms with Crippen molar-refractivity contribution in [3.8, 4) is 0 Å². The van der Waals surface area contributed by atoms with E-state index in [0.717, 1.165) is 30.6 Å². The van der Waals surface area contributed by atoms with Gasteiger partial charge in [-0.2, -0.15) is 0 Å². The summed E-state index contributed by atoms with van der Waals surface area (Å²) in [5, 5.41) is 14.3. The normalized spacial score (nSPS) is 25.0. The smallest absolute Gasteiger partial charge is 0.244 e. The molecule has 1 aromatic heterocycles. The molecule has 2 rings (SSSR count). The van der Waals surface area contributed by atoms with Crippen molar-refractivity contribution in [2.45, 2.75) is 37.8 Å². The first kappa shape index (κ1) is 12.3. The van der Waals surface area contributed by atoms with E-state index in [1.54, 1.807) is 17.4 Å². The SMILES string of the molecule is O=C(C=Cc1cccs1)NC1CCC(O)CC1. The van der Waals surface area contributed by atoms with Crippen molar-refractivity contribution >= 4 is 23.3 Å². The zero-order valence-electron chi connectivity index (χ0n) is 9.63. The van der Waals surface area contributed by atoms with Crippen LogP contribution in [0.15, 0.2) is 23.6 Å². The summed E-state index contributed by atoms with van der Waals surface area (Å²) in [4.78, 5) is 12.7. The first-order valence-corrected chi connectivity index (χ1v) is 6.82. The summed E-state index contributed by atoms with van der Waals surface area (Å²) in [7, 11) is 0. The Kier molecular flexibility index (Phi) is 4.34. The highest BCUT2D eigenvalue weighted by atomic mass is 32.1. The molecule has 0 spiro atoms. The Morgan fingerprint density at radius 2 is 2.18 bits per heavy atom. The molecule has 17 heavy (non-hydrogen) atoms. The predicted molar refractivity (Wildman–Crippen MR) is 69.8 cm³/mol. The van der Waals surface area contributed by atoms with Gasteiger partial charge >= 0.3 is 0 Å². The summed E-state index contributed by atoms with van der Waals surface area (Å²) >= 11 is 1.61. The third kappa shape index (κ3) is 3.98. The standard InChI is InChI=1S/C13H17NO2S/c15-11-5-3-10(4-6-11)14-13(16)8-7-12-2-1-9-17-12/h1-2,7-11,15H,3-6H2,(H,14,16). The van der Waals surface area contributed by atoms with Crippen LogP contribution < -0.4 is 5.32 Å². The van der Waals surface area contributed by atoms with Crippen molar-refractivity contribution in [1.82, 2.24) is 5.32 Å². The van der Waals surface area contributed by atoms with Crippen LogP contribution in [0.5, 0.6) is 0 Å². The third-order valence-corrected chi connectivity index (χ3v) is 3.82. The maximum Gasteiger partial charge on any atom is 0.244 e. The van der Waals surface area contributed by atoms with Crippen molar-refractivity contribution in [1.29, 1.82) is 0 Å². The Bertz CT molecular complexity index is 378. The van der Waals surface area contributed by atoms with Gasteiger partial charge in [-0.1, -0.05) is 6.07 Å². The lowest BCUT2D eigenvalue weighted by molar-refractivity contribution is -0.117. The van der Waals surface area contributed by atoms with Gasteiger partial charge in [0.1, 0.15) is 0 Å². The van der Waals surface area contributed by atoms with E-state index in [1.807, 2.05) is 23.6 Å². The first-order valence-electron chi connectivity index (χ1n) is 5.94. The topological polar surface area (TPSA) is 49.3 Å². The molecule has 0 aromatic carbocycles. The largest absolute Gasteiger partial charge is 0.393 e. The lowest BCUT2D eigenvalue weighted by atomic mass is 9.93. The summed E-state index contributed by atoms with van der Waals surface area (Å²) in [6.45, 7) is 0. The number of amides is 1. The van der Waals surface area contributed by atoms with Crippen molar-refractivity contribution in [2.24, 2.45) is 0 Å². The highest BCUT2D eigenvalue weighted by Crippen LogP contribution is 2.18. The Labute approximate surface area is 105 Å². The molecule has 0 atom stereocenters. The van der Waals surface area contributed by atoms with Gasteiger partial charge in [-0.3, -0.25) is 4.79 Å². The molecule has 0 saturated heterocycles. The minimum absolute atomic E-state index is 0.0419. The number of aliphatic hydroxyl groups is 1. The van der Waals surface area contributed by atoms with E-state index in [9.17, 15) is 9.90 Å². The zero-order valence-corrected chi connectivity index (χ0v) is 10.5. The molecule has 92 valence electrons. The van der Waals surface area contributed by atoms with Gasteiger partial charge in [0.2, 0.25) is 5.91 Å². The van der Waals surface area contributed by atoms with Gasteiger partial charge in [-0.05, 0) is 43.2 Å². The van der Waals surface area contributed by atoms with Gasteiger partial charge in [0.05, 0.1) is 6.10 Å². The van der Waals surface area contributed by atoms with E-state index >= 15 is 0 Å².